The molecule has 3 aromatic carbocycles. The molecule has 1 fully saturated rings. The summed E-state index contributed by atoms with van der Waals surface area (Å²) in [5.74, 6) is 0.412. The summed E-state index contributed by atoms with van der Waals surface area (Å²) in [6.07, 6.45) is 1.60. The maximum absolute atomic E-state index is 13.0. The van der Waals surface area contributed by atoms with E-state index in [-0.39, 0.29) is 23.7 Å². The second-order valence-corrected chi connectivity index (χ2v) is 10.4. The van der Waals surface area contributed by atoms with E-state index < -0.39 is 16.1 Å². The Morgan fingerprint density at radius 1 is 1.03 bits per heavy atom. The summed E-state index contributed by atoms with van der Waals surface area (Å²) in [5, 5.41) is 11.2. The SMILES string of the molecule is COc1cc(/C=C2\SC(=O)N(Cc3ccc(Cl)c(Cl)c3)C2=O)c(Br)cc1OCc1ccc([N+](=O)[O-])cc1. The van der Waals surface area contributed by atoms with E-state index >= 15 is 0 Å². The largest absolute Gasteiger partial charge is 0.493 e. The van der Waals surface area contributed by atoms with Crippen LogP contribution in [0.15, 0.2) is 64.0 Å². The van der Waals surface area contributed by atoms with Gasteiger partial charge in [-0.15, -0.1) is 0 Å². The van der Waals surface area contributed by atoms with E-state index in [4.69, 9.17) is 32.7 Å². The molecule has 0 atom stereocenters. The van der Waals surface area contributed by atoms with Gasteiger partial charge in [0, 0.05) is 16.6 Å². The van der Waals surface area contributed by atoms with Crippen molar-refractivity contribution in [3.8, 4) is 11.5 Å². The lowest BCUT2D eigenvalue weighted by molar-refractivity contribution is -0.384. The number of carbonyl (C=O) groups is 2. The van der Waals surface area contributed by atoms with Crippen LogP contribution in [0.3, 0.4) is 0 Å². The van der Waals surface area contributed by atoms with Crippen molar-refractivity contribution in [1.82, 2.24) is 4.90 Å². The summed E-state index contributed by atoms with van der Waals surface area (Å²) in [4.78, 5) is 37.3. The molecule has 0 aliphatic carbocycles. The summed E-state index contributed by atoms with van der Waals surface area (Å²) in [7, 11) is 1.48. The van der Waals surface area contributed by atoms with Gasteiger partial charge in [-0.1, -0.05) is 45.2 Å². The molecule has 8 nitrogen and oxygen atoms in total. The molecular formula is C25H17BrCl2N2O6S. The Kier molecular flexibility index (Phi) is 8.43. The average molecular weight is 624 g/mol. The Hall–Kier alpha value is -3.05. The Morgan fingerprint density at radius 3 is 2.38 bits per heavy atom. The van der Waals surface area contributed by atoms with Gasteiger partial charge in [-0.05, 0) is 70.9 Å². The number of non-ortho nitro benzene ring substituents is 1. The number of hydrogen-bond acceptors (Lipinski definition) is 7. The third-order valence-corrected chi connectivity index (χ3v) is 7.64. The lowest BCUT2D eigenvalue weighted by Gasteiger charge is -2.14. The summed E-state index contributed by atoms with van der Waals surface area (Å²) >= 11 is 16.3. The zero-order chi connectivity index (χ0) is 26.7. The maximum Gasteiger partial charge on any atom is 0.293 e. The van der Waals surface area contributed by atoms with Gasteiger partial charge in [0.1, 0.15) is 6.61 Å². The van der Waals surface area contributed by atoms with E-state index in [0.29, 0.717) is 37.1 Å². The topological polar surface area (TPSA) is 99.0 Å². The van der Waals surface area contributed by atoms with Crippen LogP contribution in [0, 0.1) is 10.1 Å². The maximum atomic E-state index is 13.0. The van der Waals surface area contributed by atoms with Crippen LogP contribution >= 0.6 is 50.9 Å². The molecule has 0 N–H and O–H groups in total. The Morgan fingerprint density at radius 2 is 1.73 bits per heavy atom. The first kappa shape index (κ1) is 27.0. The number of carbonyl (C=O) groups excluding carboxylic acids is 2. The number of benzene rings is 3. The highest BCUT2D eigenvalue weighted by Crippen LogP contribution is 2.39. The first-order valence-corrected chi connectivity index (χ1v) is 13.0. The van der Waals surface area contributed by atoms with Gasteiger partial charge in [0.15, 0.2) is 11.5 Å². The predicted molar refractivity (Wildman–Crippen MR) is 146 cm³/mol. The fourth-order valence-electron chi connectivity index (χ4n) is 3.41. The highest BCUT2D eigenvalue weighted by molar-refractivity contribution is 9.10. The minimum Gasteiger partial charge on any atom is -0.493 e. The third-order valence-electron chi connectivity index (χ3n) is 5.31. The zero-order valence-corrected chi connectivity index (χ0v) is 23.0. The highest BCUT2D eigenvalue weighted by Gasteiger charge is 2.35. The second-order valence-electron chi connectivity index (χ2n) is 7.75. The standard InChI is InChI=1S/C25H17BrCl2N2O6S/c1-35-21-9-16(18(26)11-22(21)36-13-14-2-5-17(6-3-14)30(33)34)10-23-24(31)29(25(32)37-23)12-15-4-7-19(27)20(28)8-15/h2-11H,12-13H2,1H3/b23-10-. The second kappa shape index (κ2) is 11.6. The van der Waals surface area contributed by atoms with E-state index in [2.05, 4.69) is 15.9 Å². The van der Waals surface area contributed by atoms with Crippen LogP contribution in [-0.2, 0) is 17.9 Å². The molecule has 0 radical (unpaired) electrons. The van der Waals surface area contributed by atoms with Crippen molar-refractivity contribution in [2.45, 2.75) is 13.2 Å². The molecule has 0 unspecified atom stereocenters. The van der Waals surface area contributed by atoms with Gasteiger partial charge in [0.25, 0.3) is 16.8 Å². The lowest BCUT2D eigenvalue weighted by atomic mass is 10.1. The van der Waals surface area contributed by atoms with Gasteiger partial charge in [0.05, 0.1) is 33.5 Å². The van der Waals surface area contributed by atoms with Crippen molar-refractivity contribution in [3.05, 3.63) is 101 Å². The number of methoxy groups -OCH3 is 1. The van der Waals surface area contributed by atoms with Crippen molar-refractivity contribution < 1.29 is 24.0 Å². The normalized spacial score (nSPS) is 14.4. The number of imide groups is 1. The number of thioether (sulfide) groups is 1. The van der Waals surface area contributed by atoms with Gasteiger partial charge < -0.3 is 9.47 Å². The molecule has 1 aliphatic rings. The van der Waals surface area contributed by atoms with Gasteiger partial charge in [-0.3, -0.25) is 24.6 Å². The molecule has 3 aromatic rings. The van der Waals surface area contributed by atoms with Crippen molar-refractivity contribution >= 4 is 73.8 Å². The minimum absolute atomic E-state index is 0.00481. The minimum atomic E-state index is -0.467. The quantitative estimate of drug-likeness (QED) is 0.146. The zero-order valence-electron chi connectivity index (χ0n) is 19.1. The van der Waals surface area contributed by atoms with E-state index in [9.17, 15) is 19.7 Å². The summed E-state index contributed by atoms with van der Waals surface area (Å²) in [6.45, 7) is 0.229. The van der Waals surface area contributed by atoms with Gasteiger partial charge in [0.2, 0.25) is 0 Å². The van der Waals surface area contributed by atoms with Crippen LogP contribution in [0.2, 0.25) is 10.0 Å². The lowest BCUT2D eigenvalue weighted by Crippen LogP contribution is -2.27. The molecule has 0 aromatic heterocycles. The molecule has 37 heavy (non-hydrogen) atoms. The first-order valence-electron chi connectivity index (χ1n) is 10.6. The molecule has 0 saturated carbocycles. The number of ether oxygens (including phenoxy) is 2. The molecule has 0 bridgehead atoms. The molecule has 2 amide bonds. The number of halogens is 3. The molecule has 4 rings (SSSR count). The van der Waals surface area contributed by atoms with Crippen molar-refractivity contribution in [2.24, 2.45) is 0 Å². The molecule has 1 heterocycles. The summed E-state index contributed by atoms with van der Waals surface area (Å²) in [6, 6.07) is 14.4. The number of nitro groups is 1. The number of rotatable bonds is 8. The fourth-order valence-corrected chi connectivity index (χ4v) is 4.99. The summed E-state index contributed by atoms with van der Waals surface area (Å²) < 4.78 is 11.9. The molecule has 190 valence electrons. The van der Waals surface area contributed by atoms with Crippen LogP contribution in [0.4, 0.5) is 10.5 Å². The first-order chi connectivity index (χ1) is 17.7. The van der Waals surface area contributed by atoms with E-state index in [1.165, 1.54) is 19.2 Å². The van der Waals surface area contributed by atoms with Gasteiger partial charge in [-0.25, -0.2) is 0 Å². The number of nitro benzene ring substituents is 1. The van der Waals surface area contributed by atoms with Crippen molar-refractivity contribution in [1.29, 1.82) is 0 Å². The van der Waals surface area contributed by atoms with Crippen molar-refractivity contribution in [2.75, 3.05) is 7.11 Å². The Balaban J connectivity index is 1.51. The molecule has 1 aliphatic heterocycles. The van der Waals surface area contributed by atoms with Crippen LogP contribution in [0.25, 0.3) is 6.08 Å². The molecular weight excluding hydrogens is 607 g/mol. The van der Waals surface area contributed by atoms with Crippen molar-refractivity contribution in [3.63, 3.8) is 0 Å². The van der Waals surface area contributed by atoms with Crippen LogP contribution < -0.4 is 9.47 Å². The number of amides is 2. The molecule has 1 saturated heterocycles. The third kappa shape index (κ3) is 6.27. The monoisotopic (exact) mass is 622 g/mol. The Bertz CT molecular complexity index is 1430. The van der Waals surface area contributed by atoms with Gasteiger partial charge in [-0.2, -0.15) is 0 Å². The van der Waals surface area contributed by atoms with Gasteiger partial charge >= 0.3 is 0 Å². The highest BCUT2D eigenvalue weighted by atomic mass is 79.9. The smallest absolute Gasteiger partial charge is 0.293 e. The molecule has 12 heteroatoms. The van der Waals surface area contributed by atoms with Crippen LogP contribution in [0.1, 0.15) is 16.7 Å². The van der Waals surface area contributed by atoms with E-state index in [1.54, 1.807) is 48.5 Å². The average Bonchev–Trinajstić information content (AvgIpc) is 3.13. The number of hydrogen-bond donors (Lipinski definition) is 0. The van der Waals surface area contributed by atoms with E-state index in [0.717, 1.165) is 22.2 Å². The summed E-state index contributed by atoms with van der Waals surface area (Å²) in [5.41, 5.74) is 2.02. The fraction of sp³-hybridized carbons (Fsp3) is 0.120. The van der Waals surface area contributed by atoms with Crippen LogP contribution in [0.5, 0.6) is 11.5 Å². The predicted octanol–water partition coefficient (Wildman–Crippen LogP) is 7.49. The Labute approximate surface area is 234 Å². The number of nitrogens with zero attached hydrogens (tertiary/aromatic N) is 2. The van der Waals surface area contributed by atoms with Crippen LogP contribution in [-0.4, -0.2) is 28.1 Å². The van der Waals surface area contributed by atoms with E-state index in [1.807, 2.05) is 0 Å². The molecule has 0 spiro atoms.